The molecular formula is C21H26N2O2. The maximum atomic E-state index is 12.0. The summed E-state index contributed by atoms with van der Waals surface area (Å²) in [4.78, 5) is 23.8. The third kappa shape index (κ3) is 6.42. The van der Waals surface area contributed by atoms with Gasteiger partial charge in [-0.05, 0) is 35.6 Å². The number of amides is 2. The van der Waals surface area contributed by atoms with Crippen molar-refractivity contribution in [2.24, 2.45) is 0 Å². The Labute approximate surface area is 149 Å². The van der Waals surface area contributed by atoms with Crippen molar-refractivity contribution in [3.63, 3.8) is 0 Å². The van der Waals surface area contributed by atoms with Crippen LogP contribution in [-0.2, 0) is 16.0 Å². The van der Waals surface area contributed by atoms with E-state index in [2.05, 4.69) is 24.5 Å². The lowest BCUT2D eigenvalue weighted by Gasteiger charge is -2.11. The molecule has 0 fully saturated rings. The summed E-state index contributed by atoms with van der Waals surface area (Å²) in [6.07, 6.45) is 1.68. The predicted octanol–water partition coefficient (Wildman–Crippen LogP) is 3.89. The molecular weight excluding hydrogens is 312 g/mol. The maximum Gasteiger partial charge on any atom is 0.226 e. The second-order valence-electron chi connectivity index (χ2n) is 6.24. The van der Waals surface area contributed by atoms with Gasteiger partial charge in [-0.3, -0.25) is 9.59 Å². The number of hydrogen-bond donors (Lipinski definition) is 2. The molecule has 4 nitrogen and oxygen atoms in total. The Morgan fingerprint density at radius 2 is 1.64 bits per heavy atom. The Hall–Kier alpha value is -2.62. The molecule has 0 saturated carbocycles. The van der Waals surface area contributed by atoms with Gasteiger partial charge in [-0.2, -0.15) is 0 Å². The van der Waals surface area contributed by atoms with Gasteiger partial charge < -0.3 is 10.6 Å². The third-order valence-electron chi connectivity index (χ3n) is 4.26. The molecule has 2 amide bonds. The normalized spacial score (nSPS) is 11.6. The number of carbonyl (C=O) groups excluding carboxylic acids is 2. The van der Waals surface area contributed by atoms with E-state index < -0.39 is 0 Å². The first-order chi connectivity index (χ1) is 12.1. The van der Waals surface area contributed by atoms with E-state index in [9.17, 15) is 9.59 Å². The summed E-state index contributed by atoms with van der Waals surface area (Å²) >= 11 is 0. The molecule has 1 atom stereocenters. The van der Waals surface area contributed by atoms with E-state index in [-0.39, 0.29) is 18.2 Å². The minimum Gasteiger partial charge on any atom is -0.355 e. The fourth-order valence-electron chi connectivity index (χ4n) is 2.51. The first-order valence-corrected chi connectivity index (χ1v) is 8.79. The molecule has 0 aliphatic rings. The summed E-state index contributed by atoms with van der Waals surface area (Å²) in [7, 11) is 0. The summed E-state index contributed by atoms with van der Waals surface area (Å²) in [5, 5.41) is 5.64. The molecule has 4 heteroatoms. The van der Waals surface area contributed by atoms with Crippen LogP contribution in [0.3, 0.4) is 0 Å². The van der Waals surface area contributed by atoms with Crippen LogP contribution in [0.4, 0.5) is 5.69 Å². The predicted molar refractivity (Wildman–Crippen MR) is 102 cm³/mol. The fraction of sp³-hybridized carbons (Fsp3) is 0.333. The highest BCUT2D eigenvalue weighted by atomic mass is 16.2. The molecule has 0 aliphatic carbocycles. The molecule has 0 aromatic heterocycles. The number of rotatable bonds is 8. The molecule has 2 N–H and O–H groups in total. The Kier molecular flexibility index (Phi) is 7.20. The van der Waals surface area contributed by atoms with Crippen LogP contribution in [0.15, 0.2) is 54.6 Å². The Balaban J connectivity index is 1.71. The average molecular weight is 338 g/mol. The molecule has 0 spiro atoms. The van der Waals surface area contributed by atoms with Crippen LogP contribution in [0.2, 0.25) is 0 Å². The van der Waals surface area contributed by atoms with Crippen molar-refractivity contribution < 1.29 is 9.59 Å². The third-order valence-corrected chi connectivity index (χ3v) is 4.26. The van der Waals surface area contributed by atoms with Crippen LogP contribution >= 0.6 is 0 Å². The molecule has 0 saturated heterocycles. The number of hydrogen-bond acceptors (Lipinski definition) is 2. The van der Waals surface area contributed by atoms with Gasteiger partial charge in [-0.1, -0.05) is 56.3 Å². The topological polar surface area (TPSA) is 58.2 Å². The molecule has 2 aromatic rings. The molecule has 0 aliphatic heterocycles. The van der Waals surface area contributed by atoms with Crippen LogP contribution in [0.25, 0.3) is 0 Å². The van der Waals surface area contributed by atoms with Crippen molar-refractivity contribution in [1.29, 1.82) is 0 Å². The van der Waals surface area contributed by atoms with E-state index in [0.29, 0.717) is 18.9 Å². The van der Waals surface area contributed by atoms with Gasteiger partial charge in [-0.15, -0.1) is 0 Å². The van der Waals surface area contributed by atoms with Crippen molar-refractivity contribution >= 4 is 17.5 Å². The van der Waals surface area contributed by atoms with Crippen molar-refractivity contribution in [3.05, 3.63) is 65.7 Å². The summed E-state index contributed by atoms with van der Waals surface area (Å²) in [5.41, 5.74) is 3.02. The van der Waals surface area contributed by atoms with Crippen LogP contribution in [0.5, 0.6) is 0 Å². The zero-order valence-electron chi connectivity index (χ0n) is 14.9. The number of nitrogens with one attached hydrogen (secondary N) is 2. The van der Waals surface area contributed by atoms with Crippen LogP contribution in [0.1, 0.15) is 43.7 Å². The van der Waals surface area contributed by atoms with E-state index in [4.69, 9.17) is 0 Å². The van der Waals surface area contributed by atoms with Crippen LogP contribution < -0.4 is 10.6 Å². The van der Waals surface area contributed by atoms with Gasteiger partial charge >= 0.3 is 0 Å². The molecule has 0 heterocycles. The Morgan fingerprint density at radius 3 is 2.28 bits per heavy atom. The molecule has 0 unspecified atom stereocenters. The highest BCUT2D eigenvalue weighted by Gasteiger charge is 2.07. The smallest absolute Gasteiger partial charge is 0.226 e. The van der Waals surface area contributed by atoms with E-state index >= 15 is 0 Å². The second-order valence-corrected chi connectivity index (χ2v) is 6.24. The monoisotopic (exact) mass is 338 g/mol. The van der Waals surface area contributed by atoms with Gasteiger partial charge in [0.1, 0.15) is 0 Å². The average Bonchev–Trinajstić information content (AvgIpc) is 2.62. The zero-order valence-corrected chi connectivity index (χ0v) is 14.9. The fourth-order valence-corrected chi connectivity index (χ4v) is 2.51. The van der Waals surface area contributed by atoms with E-state index in [0.717, 1.165) is 17.7 Å². The standard InChI is InChI=1S/C21H26N2O2/c1-3-16(2)18-9-11-19(12-10-18)23-20(24)13-14-22-21(25)15-17-7-5-4-6-8-17/h4-12,16H,3,13-15H2,1-2H3,(H,22,25)(H,23,24)/t16-/m0/s1. The first kappa shape index (κ1) is 18.7. The van der Waals surface area contributed by atoms with Gasteiger partial charge in [0.05, 0.1) is 6.42 Å². The van der Waals surface area contributed by atoms with Gasteiger partial charge in [0.15, 0.2) is 0 Å². The molecule has 0 radical (unpaired) electrons. The Morgan fingerprint density at radius 1 is 0.960 bits per heavy atom. The Bertz CT molecular complexity index is 681. The van der Waals surface area contributed by atoms with Crippen molar-refractivity contribution in [2.45, 2.75) is 39.0 Å². The van der Waals surface area contributed by atoms with Crippen molar-refractivity contribution in [3.8, 4) is 0 Å². The number of anilines is 1. The summed E-state index contributed by atoms with van der Waals surface area (Å²) in [6, 6.07) is 17.5. The lowest BCUT2D eigenvalue weighted by molar-refractivity contribution is -0.120. The first-order valence-electron chi connectivity index (χ1n) is 8.79. The van der Waals surface area contributed by atoms with E-state index in [1.54, 1.807) is 0 Å². The number of benzene rings is 2. The quantitative estimate of drug-likeness (QED) is 0.767. The van der Waals surface area contributed by atoms with Gasteiger partial charge in [0.25, 0.3) is 0 Å². The highest BCUT2D eigenvalue weighted by molar-refractivity contribution is 5.91. The minimum atomic E-state index is -0.101. The summed E-state index contributed by atoms with van der Waals surface area (Å²) in [5.74, 6) is 0.345. The maximum absolute atomic E-state index is 12.0. The van der Waals surface area contributed by atoms with Crippen molar-refractivity contribution in [1.82, 2.24) is 5.32 Å². The van der Waals surface area contributed by atoms with Crippen molar-refractivity contribution in [2.75, 3.05) is 11.9 Å². The summed E-state index contributed by atoms with van der Waals surface area (Å²) in [6.45, 7) is 4.68. The second kappa shape index (κ2) is 9.62. The molecule has 0 bridgehead atoms. The van der Waals surface area contributed by atoms with Crippen LogP contribution in [0, 0.1) is 0 Å². The molecule has 132 valence electrons. The van der Waals surface area contributed by atoms with Gasteiger partial charge in [0, 0.05) is 18.7 Å². The zero-order chi connectivity index (χ0) is 18.1. The van der Waals surface area contributed by atoms with Gasteiger partial charge in [-0.25, -0.2) is 0 Å². The molecule has 25 heavy (non-hydrogen) atoms. The minimum absolute atomic E-state index is 0.0723. The lowest BCUT2D eigenvalue weighted by Crippen LogP contribution is -2.28. The van der Waals surface area contributed by atoms with E-state index in [1.165, 1.54) is 5.56 Å². The molecule has 2 aromatic carbocycles. The SMILES string of the molecule is CC[C@H](C)c1ccc(NC(=O)CCNC(=O)Cc2ccccc2)cc1. The highest BCUT2D eigenvalue weighted by Crippen LogP contribution is 2.20. The number of carbonyl (C=O) groups is 2. The summed E-state index contributed by atoms with van der Waals surface area (Å²) < 4.78 is 0. The molecule has 2 rings (SSSR count). The van der Waals surface area contributed by atoms with Gasteiger partial charge in [0.2, 0.25) is 11.8 Å². The lowest BCUT2D eigenvalue weighted by atomic mass is 9.99. The van der Waals surface area contributed by atoms with E-state index in [1.807, 2.05) is 54.6 Å². The van der Waals surface area contributed by atoms with Crippen LogP contribution in [-0.4, -0.2) is 18.4 Å². The largest absolute Gasteiger partial charge is 0.355 e.